The molecule has 0 spiro atoms. The summed E-state index contributed by atoms with van der Waals surface area (Å²) in [5, 5.41) is 6.54. The Morgan fingerprint density at radius 2 is 1.80 bits per heavy atom. The van der Waals surface area contributed by atoms with Gasteiger partial charge in [0.2, 0.25) is 0 Å². The van der Waals surface area contributed by atoms with Crippen LogP contribution >= 0.6 is 11.6 Å². The number of carbonyl (C=O) groups excluding carboxylic acids is 1. The Bertz CT molecular complexity index is 1030. The molecule has 30 heavy (non-hydrogen) atoms. The fourth-order valence-corrected chi connectivity index (χ4v) is 2.94. The van der Waals surface area contributed by atoms with E-state index in [-0.39, 0.29) is 18.3 Å². The van der Waals surface area contributed by atoms with Gasteiger partial charge in [-0.25, -0.2) is 4.39 Å². The van der Waals surface area contributed by atoms with Gasteiger partial charge < -0.3 is 20.1 Å². The van der Waals surface area contributed by atoms with Crippen LogP contribution in [-0.2, 0) is 11.3 Å². The molecule has 0 heterocycles. The first-order valence-electron chi connectivity index (χ1n) is 9.30. The average Bonchev–Trinajstić information content (AvgIpc) is 2.74. The van der Waals surface area contributed by atoms with Gasteiger partial charge in [0.15, 0.2) is 18.1 Å². The van der Waals surface area contributed by atoms with E-state index in [1.807, 2.05) is 25.1 Å². The van der Waals surface area contributed by atoms with Crippen LogP contribution in [0.3, 0.4) is 0 Å². The summed E-state index contributed by atoms with van der Waals surface area (Å²) in [7, 11) is 1.54. The molecule has 0 aliphatic heterocycles. The summed E-state index contributed by atoms with van der Waals surface area (Å²) in [5.74, 6) is 0.392. The minimum Gasteiger partial charge on any atom is -0.493 e. The molecule has 0 aliphatic rings. The van der Waals surface area contributed by atoms with E-state index in [1.54, 1.807) is 30.3 Å². The smallest absolute Gasteiger partial charge is 0.262 e. The van der Waals surface area contributed by atoms with Gasteiger partial charge in [0.05, 0.1) is 7.11 Å². The van der Waals surface area contributed by atoms with Crippen LogP contribution in [-0.4, -0.2) is 19.6 Å². The maximum absolute atomic E-state index is 13.0. The van der Waals surface area contributed by atoms with Crippen LogP contribution in [0, 0.1) is 12.7 Å². The van der Waals surface area contributed by atoms with Crippen LogP contribution in [0.5, 0.6) is 11.5 Å². The quantitative estimate of drug-likeness (QED) is 0.502. The molecule has 0 fully saturated rings. The summed E-state index contributed by atoms with van der Waals surface area (Å²) in [5.41, 5.74) is 3.31. The van der Waals surface area contributed by atoms with E-state index in [2.05, 4.69) is 10.6 Å². The lowest BCUT2D eigenvalue weighted by Gasteiger charge is -2.14. The maximum atomic E-state index is 13.0. The number of nitrogens with one attached hydrogen (secondary N) is 2. The van der Waals surface area contributed by atoms with Crippen molar-refractivity contribution in [2.24, 2.45) is 0 Å². The Labute approximate surface area is 179 Å². The topological polar surface area (TPSA) is 59.6 Å². The monoisotopic (exact) mass is 428 g/mol. The minimum atomic E-state index is -0.301. The summed E-state index contributed by atoms with van der Waals surface area (Å²) in [6.45, 7) is 2.24. The van der Waals surface area contributed by atoms with Crippen LogP contribution in [0.2, 0.25) is 5.02 Å². The van der Waals surface area contributed by atoms with Crippen molar-refractivity contribution in [1.29, 1.82) is 0 Å². The Hall–Kier alpha value is -3.25. The first kappa shape index (κ1) is 21.5. The predicted molar refractivity (Wildman–Crippen MR) is 117 cm³/mol. The van der Waals surface area contributed by atoms with E-state index in [0.717, 1.165) is 16.8 Å². The molecule has 0 unspecified atom stereocenters. The molecule has 0 saturated heterocycles. The van der Waals surface area contributed by atoms with Crippen molar-refractivity contribution in [3.63, 3.8) is 0 Å². The van der Waals surface area contributed by atoms with Crippen LogP contribution < -0.4 is 20.1 Å². The molecule has 0 atom stereocenters. The Morgan fingerprint density at radius 1 is 1.03 bits per heavy atom. The van der Waals surface area contributed by atoms with Crippen molar-refractivity contribution in [2.75, 3.05) is 24.4 Å². The van der Waals surface area contributed by atoms with Crippen molar-refractivity contribution in [2.45, 2.75) is 13.5 Å². The van der Waals surface area contributed by atoms with Crippen molar-refractivity contribution < 1.29 is 18.7 Å². The van der Waals surface area contributed by atoms with Crippen LogP contribution in [0.15, 0.2) is 60.7 Å². The van der Waals surface area contributed by atoms with Crippen molar-refractivity contribution in [3.05, 3.63) is 82.6 Å². The van der Waals surface area contributed by atoms with Crippen LogP contribution in [0.4, 0.5) is 15.8 Å². The zero-order valence-corrected chi connectivity index (χ0v) is 17.4. The zero-order chi connectivity index (χ0) is 21.5. The summed E-state index contributed by atoms with van der Waals surface area (Å²) in [6.07, 6.45) is 0. The SMILES string of the molecule is COc1cc(CNc2ccc(F)cc2)ccc1OCC(=O)Nc1cc(Cl)ccc1C. The molecular formula is C23H22ClFN2O3. The molecular weight excluding hydrogens is 407 g/mol. The number of carbonyl (C=O) groups is 1. The van der Waals surface area contributed by atoms with Crippen molar-refractivity contribution >= 4 is 28.9 Å². The Balaban J connectivity index is 1.58. The summed E-state index contributed by atoms with van der Waals surface area (Å²) >= 11 is 5.98. The lowest BCUT2D eigenvalue weighted by atomic mass is 10.2. The van der Waals surface area contributed by atoms with E-state index < -0.39 is 0 Å². The minimum absolute atomic E-state index is 0.171. The number of hydrogen-bond acceptors (Lipinski definition) is 4. The molecule has 3 rings (SSSR count). The van der Waals surface area contributed by atoms with Gasteiger partial charge in [-0.15, -0.1) is 0 Å². The lowest BCUT2D eigenvalue weighted by molar-refractivity contribution is -0.118. The van der Waals surface area contributed by atoms with Gasteiger partial charge in [-0.3, -0.25) is 4.79 Å². The summed E-state index contributed by atoms with van der Waals surface area (Å²) in [4.78, 5) is 12.2. The number of rotatable bonds is 8. The first-order chi connectivity index (χ1) is 14.4. The molecule has 0 aliphatic carbocycles. The summed E-state index contributed by atoms with van der Waals surface area (Å²) in [6, 6.07) is 16.9. The van der Waals surface area contributed by atoms with Crippen LogP contribution in [0.1, 0.15) is 11.1 Å². The first-order valence-corrected chi connectivity index (χ1v) is 9.67. The van der Waals surface area contributed by atoms with Gasteiger partial charge in [0.1, 0.15) is 5.82 Å². The number of ether oxygens (including phenoxy) is 2. The second-order valence-electron chi connectivity index (χ2n) is 6.64. The molecule has 0 aromatic heterocycles. The maximum Gasteiger partial charge on any atom is 0.262 e. The fraction of sp³-hybridized carbons (Fsp3) is 0.174. The molecule has 2 N–H and O–H groups in total. The van der Waals surface area contributed by atoms with Gasteiger partial charge in [0.25, 0.3) is 5.91 Å². The third-order valence-electron chi connectivity index (χ3n) is 4.40. The highest BCUT2D eigenvalue weighted by Gasteiger charge is 2.10. The molecule has 0 bridgehead atoms. The number of anilines is 2. The standard InChI is InChI=1S/C23H22ClFN2O3/c1-15-3-5-17(24)12-20(15)27-23(28)14-30-21-10-4-16(11-22(21)29-2)13-26-19-8-6-18(25)7-9-19/h3-12,26H,13-14H2,1-2H3,(H,27,28). The molecule has 0 radical (unpaired) electrons. The van der Waals surface area contributed by atoms with Gasteiger partial charge in [0, 0.05) is 22.9 Å². The van der Waals surface area contributed by atoms with E-state index in [4.69, 9.17) is 21.1 Å². The highest BCUT2D eigenvalue weighted by Crippen LogP contribution is 2.28. The molecule has 156 valence electrons. The van der Waals surface area contributed by atoms with Crippen molar-refractivity contribution in [3.8, 4) is 11.5 Å². The highest BCUT2D eigenvalue weighted by atomic mass is 35.5. The third-order valence-corrected chi connectivity index (χ3v) is 4.64. The predicted octanol–water partition coefficient (Wildman–Crippen LogP) is 5.43. The number of aryl methyl sites for hydroxylation is 1. The highest BCUT2D eigenvalue weighted by molar-refractivity contribution is 6.31. The second kappa shape index (κ2) is 9.98. The Morgan fingerprint density at radius 3 is 2.53 bits per heavy atom. The lowest BCUT2D eigenvalue weighted by Crippen LogP contribution is -2.20. The van der Waals surface area contributed by atoms with Gasteiger partial charge in [-0.1, -0.05) is 23.7 Å². The summed E-state index contributed by atoms with van der Waals surface area (Å²) < 4.78 is 24.0. The molecule has 5 nitrogen and oxygen atoms in total. The van der Waals surface area contributed by atoms with E-state index in [0.29, 0.717) is 28.8 Å². The third kappa shape index (κ3) is 5.87. The average molecular weight is 429 g/mol. The number of methoxy groups -OCH3 is 1. The van der Waals surface area contributed by atoms with E-state index in [1.165, 1.54) is 19.2 Å². The molecule has 3 aromatic rings. The molecule has 7 heteroatoms. The molecule has 0 saturated carbocycles. The van der Waals surface area contributed by atoms with Gasteiger partial charge in [-0.05, 0) is 66.6 Å². The molecule has 1 amide bonds. The normalized spacial score (nSPS) is 10.4. The fourth-order valence-electron chi connectivity index (χ4n) is 2.77. The number of halogens is 2. The van der Waals surface area contributed by atoms with E-state index in [9.17, 15) is 9.18 Å². The van der Waals surface area contributed by atoms with Crippen molar-refractivity contribution in [1.82, 2.24) is 0 Å². The second-order valence-corrected chi connectivity index (χ2v) is 7.08. The number of amides is 1. The number of hydrogen-bond donors (Lipinski definition) is 2. The van der Waals surface area contributed by atoms with Gasteiger partial charge >= 0.3 is 0 Å². The van der Waals surface area contributed by atoms with Gasteiger partial charge in [-0.2, -0.15) is 0 Å². The zero-order valence-electron chi connectivity index (χ0n) is 16.7. The molecule has 3 aromatic carbocycles. The largest absolute Gasteiger partial charge is 0.493 e. The van der Waals surface area contributed by atoms with Crippen LogP contribution in [0.25, 0.3) is 0 Å². The van der Waals surface area contributed by atoms with E-state index >= 15 is 0 Å². The Kier molecular flexibility index (Phi) is 7.14. The number of benzene rings is 3.